The van der Waals surface area contributed by atoms with E-state index in [0.29, 0.717) is 50.5 Å². The van der Waals surface area contributed by atoms with Crippen molar-refractivity contribution in [1.82, 2.24) is 14.8 Å². The molecular weight excluding hydrogens is 506 g/mol. The number of likely N-dealkylation sites (tertiary alicyclic amines) is 1. The number of piperidine rings is 1. The summed E-state index contributed by atoms with van der Waals surface area (Å²) in [5.41, 5.74) is 2.66. The normalized spacial score (nSPS) is 19.2. The molecule has 3 aliphatic rings. The van der Waals surface area contributed by atoms with Crippen LogP contribution in [0.25, 0.3) is 10.6 Å². The fourth-order valence-corrected chi connectivity index (χ4v) is 5.95. The standard InChI is InChI=1S/C28H29N3O6S/c1-34-21-3-5-22(6-4-21)36-16-23-15-31(28(33)37-23)20-8-11-30(12-9-20)27(32)24-17-38-26(29-24)19-2-7-25-18(14-19)10-13-35-25/h2-7,14,17,20,23H,8-13,15-16H2,1H3. The first kappa shape index (κ1) is 24.5. The maximum Gasteiger partial charge on any atom is 0.410 e. The molecule has 3 aromatic rings. The van der Waals surface area contributed by atoms with E-state index in [1.165, 1.54) is 16.9 Å². The van der Waals surface area contributed by atoms with Crippen molar-refractivity contribution in [3.8, 4) is 27.8 Å². The van der Waals surface area contributed by atoms with Crippen molar-refractivity contribution in [2.24, 2.45) is 0 Å². The molecule has 0 aliphatic carbocycles. The predicted molar refractivity (Wildman–Crippen MR) is 141 cm³/mol. The summed E-state index contributed by atoms with van der Waals surface area (Å²) in [6.45, 7) is 2.63. The van der Waals surface area contributed by atoms with Gasteiger partial charge in [-0.3, -0.25) is 4.79 Å². The number of cyclic esters (lactones) is 1. The largest absolute Gasteiger partial charge is 0.497 e. The van der Waals surface area contributed by atoms with Crippen molar-refractivity contribution in [1.29, 1.82) is 0 Å². The number of benzene rings is 2. The van der Waals surface area contributed by atoms with Gasteiger partial charge < -0.3 is 28.7 Å². The van der Waals surface area contributed by atoms with Gasteiger partial charge in [-0.1, -0.05) is 0 Å². The van der Waals surface area contributed by atoms with Gasteiger partial charge >= 0.3 is 6.09 Å². The molecule has 2 aromatic carbocycles. The maximum absolute atomic E-state index is 13.2. The van der Waals surface area contributed by atoms with Crippen LogP contribution in [0.5, 0.6) is 17.2 Å². The Labute approximate surface area is 224 Å². The van der Waals surface area contributed by atoms with Crippen LogP contribution in [0.15, 0.2) is 47.8 Å². The van der Waals surface area contributed by atoms with Crippen molar-refractivity contribution < 1.29 is 28.5 Å². The van der Waals surface area contributed by atoms with E-state index in [1.807, 2.05) is 46.7 Å². The lowest BCUT2D eigenvalue weighted by atomic mass is 10.0. The number of thiazole rings is 1. The molecule has 4 heterocycles. The highest BCUT2D eigenvalue weighted by molar-refractivity contribution is 7.13. The van der Waals surface area contributed by atoms with Crippen molar-refractivity contribution >= 4 is 23.3 Å². The van der Waals surface area contributed by atoms with Crippen LogP contribution in [0.2, 0.25) is 0 Å². The Morgan fingerprint density at radius 1 is 1.13 bits per heavy atom. The van der Waals surface area contributed by atoms with Crippen LogP contribution < -0.4 is 14.2 Å². The Balaban J connectivity index is 1.00. The Morgan fingerprint density at radius 2 is 1.92 bits per heavy atom. The first-order valence-corrected chi connectivity index (χ1v) is 13.7. The third kappa shape index (κ3) is 5.00. The lowest BCUT2D eigenvalue weighted by molar-refractivity contribution is 0.0653. The van der Waals surface area contributed by atoms with Crippen molar-refractivity contribution in [2.45, 2.75) is 31.4 Å². The summed E-state index contributed by atoms with van der Waals surface area (Å²) in [5.74, 6) is 2.32. The minimum atomic E-state index is -0.330. The summed E-state index contributed by atoms with van der Waals surface area (Å²) in [6.07, 6.45) is 1.66. The molecule has 0 radical (unpaired) electrons. The second-order valence-electron chi connectivity index (χ2n) is 9.63. The summed E-state index contributed by atoms with van der Waals surface area (Å²) in [6, 6.07) is 13.4. The highest BCUT2D eigenvalue weighted by Gasteiger charge is 2.38. The van der Waals surface area contributed by atoms with E-state index in [9.17, 15) is 9.59 Å². The summed E-state index contributed by atoms with van der Waals surface area (Å²) >= 11 is 1.48. The molecule has 1 atom stereocenters. The molecule has 0 bridgehead atoms. The molecule has 38 heavy (non-hydrogen) atoms. The molecule has 2 amide bonds. The first-order valence-electron chi connectivity index (χ1n) is 12.8. The second-order valence-corrected chi connectivity index (χ2v) is 10.5. The highest BCUT2D eigenvalue weighted by Crippen LogP contribution is 2.32. The fraction of sp³-hybridized carbons (Fsp3) is 0.393. The topological polar surface area (TPSA) is 90.4 Å². The molecular formula is C28H29N3O6S. The molecule has 0 saturated carbocycles. The molecule has 198 valence electrons. The number of carbonyl (C=O) groups is 2. The Morgan fingerprint density at radius 3 is 2.71 bits per heavy atom. The van der Waals surface area contributed by atoms with Crippen LogP contribution in [0.3, 0.4) is 0 Å². The summed E-state index contributed by atoms with van der Waals surface area (Å²) in [4.78, 5) is 34.0. The molecule has 1 aromatic heterocycles. The molecule has 10 heteroatoms. The third-order valence-electron chi connectivity index (χ3n) is 7.25. The lowest BCUT2D eigenvalue weighted by Crippen LogP contribution is -2.47. The Kier molecular flexibility index (Phi) is 6.80. The zero-order valence-corrected chi connectivity index (χ0v) is 21.9. The van der Waals surface area contributed by atoms with E-state index in [-0.39, 0.29) is 30.8 Å². The molecule has 3 aliphatic heterocycles. The number of hydrogen-bond donors (Lipinski definition) is 0. The van der Waals surface area contributed by atoms with Gasteiger partial charge in [-0.05, 0) is 60.9 Å². The van der Waals surface area contributed by atoms with Crippen LogP contribution in [-0.4, -0.2) is 78.9 Å². The van der Waals surface area contributed by atoms with Gasteiger partial charge in [0.25, 0.3) is 5.91 Å². The maximum atomic E-state index is 13.2. The van der Waals surface area contributed by atoms with Crippen LogP contribution >= 0.6 is 11.3 Å². The van der Waals surface area contributed by atoms with Gasteiger partial charge in [-0.2, -0.15) is 0 Å². The number of methoxy groups -OCH3 is 1. The number of carbonyl (C=O) groups excluding carboxylic acids is 2. The quantitative estimate of drug-likeness (QED) is 0.447. The molecule has 0 spiro atoms. The van der Waals surface area contributed by atoms with E-state index in [1.54, 1.807) is 12.0 Å². The molecule has 2 saturated heterocycles. The number of fused-ring (bicyclic) bond motifs is 1. The Bertz CT molecular complexity index is 1320. The molecule has 1 unspecified atom stereocenters. The second kappa shape index (κ2) is 10.5. The van der Waals surface area contributed by atoms with Crippen LogP contribution in [0.1, 0.15) is 28.9 Å². The molecule has 6 rings (SSSR count). The van der Waals surface area contributed by atoms with Gasteiger partial charge in [0.15, 0.2) is 6.10 Å². The van der Waals surface area contributed by atoms with Crippen LogP contribution in [0, 0.1) is 0 Å². The summed E-state index contributed by atoms with van der Waals surface area (Å²) in [5, 5.41) is 2.67. The van der Waals surface area contributed by atoms with Crippen LogP contribution in [-0.2, 0) is 11.2 Å². The number of aromatic nitrogens is 1. The van der Waals surface area contributed by atoms with Gasteiger partial charge in [0.1, 0.15) is 34.6 Å². The van der Waals surface area contributed by atoms with Gasteiger partial charge in [-0.15, -0.1) is 11.3 Å². The first-order chi connectivity index (χ1) is 18.6. The van der Waals surface area contributed by atoms with E-state index < -0.39 is 0 Å². The van der Waals surface area contributed by atoms with Crippen molar-refractivity contribution in [2.75, 3.05) is 40.0 Å². The summed E-state index contributed by atoms with van der Waals surface area (Å²) in [7, 11) is 1.62. The summed E-state index contributed by atoms with van der Waals surface area (Å²) < 4.78 is 22.1. The fourth-order valence-electron chi connectivity index (χ4n) is 5.15. The predicted octanol–water partition coefficient (Wildman–Crippen LogP) is 4.26. The molecule has 9 nitrogen and oxygen atoms in total. The number of nitrogens with zero attached hydrogens (tertiary/aromatic N) is 3. The average molecular weight is 536 g/mol. The van der Waals surface area contributed by atoms with Gasteiger partial charge in [-0.25, -0.2) is 9.78 Å². The SMILES string of the molecule is COc1ccc(OCC2CN(C3CCN(C(=O)c4csc(-c5ccc6c(c5)CCO6)n4)CC3)C(=O)O2)cc1. The number of hydrogen-bond acceptors (Lipinski definition) is 8. The zero-order chi connectivity index (χ0) is 26.1. The van der Waals surface area contributed by atoms with Gasteiger partial charge in [0, 0.05) is 36.5 Å². The highest BCUT2D eigenvalue weighted by atomic mass is 32.1. The van der Waals surface area contributed by atoms with E-state index in [4.69, 9.17) is 18.9 Å². The average Bonchev–Trinajstić information content (AvgIpc) is 3.71. The monoisotopic (exact) mass is 535 g/mol. The number of amides is 2. The van der Waals surface area contributed by atoms with Gasteiger partial charge in [0.2, 0.25) is 0 Å². The third-order valence-corrected chi connectivity index (χ3v) is 8.14. The van der Waals surface area contributed by atoms with E-state index in [0.717, 1.165) is 28.5 Å². The number of ether oxygens (including phenoxy) is 4. The smallest absolute Gasteiger partial charge is 0.410 e. The molecule has 0 N–H and O–H groups in total. The van der Waals surface area contributed by atoms with Gasteiger partial charge in [0.05, 0.1) is 20.3 Å². The minimum absolute atomic E-state index is 0.0390. The van der Waals surface area contributed by atoms with Crippen LogP contribution in [0.4, 0.5) is 4.79 Å². The minimum Gasteiger partial charge on any atom is -0.497 e. The zero-order valence-electron chi connectivity index (χ0n) is 21.1. The number of rotatable bonds is 7. The van der Waals surface area contributed by atoms with Crippen molar-refractivity contribution in [3.63, 3.8) is 0 Å². The Hall–Kier alpha value is -3.79. The van der Waals surface area contributed by atoms with E-state index >= 15 is 0 Å². The molecule has 2 fully saturated rings. The lowest BCUT2D eigenvalue weighted by Gasteiger charge is -2.35. The van der Waals surface area contributed by atoms with E-state index in [2.05, 4.69) is 11.1 Å². The van der Waals surface area contributed by atoms with Crippen molar-refractivity contribution in [3.05, 3.63) is 59.1 Å².